The molecule has 1 aromatic carbocycles. The van der Waals surface area contributed by atoms with Crippen molar-refractivity contribution in [3.8, 4) is 5.69 Å². The van der Waals surface area contributed by atoms with Crippen LogP contribution >= 0.6 is 23.8 Å². The fourth-order valence-corrected chi connectivity index (χ4v) is 1.79. The highest BCUT2D eigenvalue weighted by Crippen LogP contribution is 2.22. The number of nitrogens with one attached hydrogen (secondary N) is 1. The SMILES string of the molecule is OCc1n[nH]c(=S)n1-c1cc(F)ccc1Cl. The van der Waals surface area contributed by atoms with Crippen molar-refractivity contribution in [2.45, 2.75) is 6.61 Å². The van der Waals surface area contributed by atoms with E-state index in [9.17, 15) is 4.39 Å². The van der Waals surface area contributed by atoms with Crippen LogP contribution in [0.3, 0.4) is 0 Å². The van der Waals surface area contributed by atoms with Crippen molar-refractivity contribution in [1.82, 2.24) is 14.8 Å². The first-order valence-corrected chi connectivity index (χ1v) is 5.14. The molecule has 0 bridgehead atoms. The fraction of sp³-hybridized carbons (Fsp3) is 0.111. The number of rotatable bonds is 2. The molecule has 0 spiro atoms. The van der Waals surface area contributed by atoms with Crippen molar-refractivity contribution in [2.24, 2.45) is 0 Å². The molecule has 2 rings (SSSR count). The van der Waals surface area contributed by atoms with Gasteiger partial charge < -0.3 is 5.11 Å². The molecule has 16 heavy (non-hydrogen) atoms. The molecule has 1 aromatic heterocycles. The van der Waals surface area contributed by atoms with E-state index in [1.54, 1.807) is 0 Å². The summed E-state index contributed by atoms with van der Waals surface area (Å²) in [5.74, 6) is -0.163. The highest BCUT2D eigenvalue weighted by molar-refractivity contribution is 7.71. The summed E-state index contributed by atoms with van der Waals surface area (Å²) < 4.78 is 14.7. The highest BCUT2D eigenvalue weighted by Gasteiger charge is 2.11. The molecule has 4 nitrogen and oxygen atoms in total. The quantitative estimate of drug-likeness (QED) is 0.813. The van der Waals surface area contributed by atoms with E-state index in [-0.39, 0.29) is 17.2 Å². The second kappa shape index (κ2) is 4.32. The van der Waals surface area contributed by atoms with Gasteiger partial charge in [-0.05, 0) is 30.4 Å². The standard InChI is InChI=1S/C9H7ClFN3OS/c10-6-2-1-5(11)3-7(6)14-8(4-15)12-13-9(14)16/h1-3,15H,4H2,(H,13,16). The second-order valence-corrected chi connectivity index (χ2v) is 3.83. The first-order valence-electron chi connectivity index (χ1n) is 4.36. The smallest absolute Gasteiger partial charge is 0.199 e. The molecule has 84 valence electrons. The molecule has 0 aliphatic heterocycles. The molecule has 0 aliphatic rings. The van der Waals surface area contributed by atoms with Crippen LogP contribution in [0.15, 0.2) is 18.2 Å². The summed E-state index contributed by atoms with van der Waals surface area (Å²) in [6.07, 6.45) is 0. The Morgan fingerprint density at radius 1 is 1.56 bits per heavy atom. The molecule has 0 fully saturated rings. The zero-order valence-electron chi connectivity index (χ0n) is 7.94. The molecule has 2 aromatic rings. The van der Waals surface area contributed by atoms with Gasteiger partial charge in [-0.25, -0.2) is 4.39 Å². The fourth-order valence-electron chi connectivity index (χ4n) is 1.34. The van der Waals surface area contributed by atoms with Crippen molar-refractivity contribution in [2.75, 3.05) is 0 Å². The molecule has 0 saturated carbocycles. The lowest BCUT2D eigenvalue weighted by molar-refractivity contribution is 0.268. The van der Waals surface area contributed by atoms with Crippen LogP contribution in [0.5, 0.6) is 0 Å². The molecule has 0 amide bonds. The minimum atomic E-state index is -0.439. The molecular weight excluding hydrogens is 253 g/mol. The molecule has 0 saturated heterocycles. The molecule has 7 heteroatoms. The number of H-pyrrole nitrogens is 1. The number of nitrogens with zero attached hydrogens (tertiary/aromatic N) is 2. The number of aliphatic hydroxyl groups excluding tert-OH is 1. The normalized spacial score (nSPS) is 10.7. The molecule has 0 radical (unpaired) electrons. The average Bonchev–Trinajstić information content (AvgIpc) is 2.63. The van der Waals surface area contributed by atoms with Crippen LogP contribution in [0.4, 0.5) is 4.39 Å². The molecular formula is C9H7ClFN3OS. The summed E-state index contributed by atoms with van der Waals surface area (Å²) in [5.41, 5.74) is 0.351. The molecule has 2 N–H and O–H groups in total. The maximum absolute atomic E-state index is 13.1. The Bertz CT molecular complexity index is 580. The Balaban J connectivity index is 2.71. The largest absolute Gasteiger partial charge is 0.388 e. The first kappa shape index (κ1) is 11.3. The van der Waals surface area contributed by atoms with Crippen molar-refractivity contribution < 1.29 is 9.50 Å². The summed E-state index contributed by atoms with van der Waals surface area (Å²) in [5, 5.41) is 15.7. The number of benzene rings is 1. The molecule has 0 aliphatic carbocycles. The summed E-state index contributed by atoms with van der Waals surface area (Å²) >= 11 is 10.9. The van der Waals surface area contributed by atoms with Crippen LogP contribution in [0, 0.1) is 10.6 Å². The maximum atomic E-state index is 13.1. The van der Waals surface area contributed by atoms with E-state index < -0.39 is 5.82 Å². The predicted octanol–water partition coefficient (Wildman–Crippen LogP) is 2.21. The van der Waals surface area contributed by atoms with E-state index in [1.165, 1.54) is 22.8 Å². The number of aliphatic hydroxyl groups is 1. The third-order valence-corrected chi connectivity index (χ3v) is 2.63. The van der Waals surface area contributed by atoms with Gasteiger partial charge in [0.15, 0.2) is 10.6 Å². The molecule has 0 atom stereocenters. The third-order valence-electron chi connectivity index (χ3n) is 2.03. The molecule has 1 heterocycles. The first-order chi connectivity index (χ1) is 7.63. The Morgan fingerprint density at radius 2 is 2.31 bits per heavy atom. The van der Waals surface area contributed by atoms with E-state index in [0.717, 1.165) is 0 Å². The van der Waals surface area contributed by atoms with Gasteiger partial charge in [0, 0.05) is 0 Å². The van der Waals surface area contributed by atoms with Gasteiger partial charge in [0.1, 0.15) is 12.4 Å². The summed E-state index contributed by atoms with van der Waals surface area (Å²) in [6.45, 7) is -0.319. The van der Waals surface area contributed by atoms with Gasteiger partial charge in [-0.2, -0.15) is 5.10 Å². The van der Waals surface area contributed by atoms with Gasteiger partial charge in [0.05, 0.1) is 10.7 Å². The van der Waals surface area contributed by atoms with Crippen molar-refractivity contribution >= 4 is 23.8 Å². The average molecular weight is 260 g/mol. The summed E-state index contributed by atoms with van der Waals surface area (Å²) in [6, 6.07) is 3.89. The maximum Gasteiger partial charge on any atom is 0.199 e. The van der Waals surface area contributed by atoms with Crippen molar-refractivity contribution in [1.29, 1.82) is 0 Å². The summed E-state index contributed by atoms with van der Waals surface area (Å²) in [4.78, 5) is 0. The van der Waals surface area contributed by atoms with E-state index in [0.29, 0.717) is 10.7 Å². The van der Waals surface area contributed by atoms with E-state index >= 15 is 0 Å². The number of aromatic nitrogens is 3. The lowest BCUT2D eigenvalue weighted by Crippen LogP contribution is -2.02. The Hall–Kier alpha value is -1.24. The highest BCUT2D eigenvalue weighted by atomic mass is 35.5. The van der Waals surface area contributed by atoms with Crippen LogP contribution < -0.4 is 0 Å². The van der Waals surface area contributed by atoms with Gasteiger partial charge in [-0.15, -0.1) is 0 Å². The van der Waals surface area contributed by atoms with E-state index in [4.69, 9.17) is 28.9 Å². The zero-order chi connectivity index (χ0) is 11.7. The molecule has 0 unspecified atom stereocenters. The topological polar surface area (TPSA) is 53.8 Å². The Kier molecular flexibility index (Phi) is 3.04. The third kappa shape index (κ3) is 1.87. The van der Waals surface area contributed by atoms with E-state index in [1.807, 2.05) is 0 Å². The zero-order valence-corrected chi connectivity index (χ0v) is 9.52. The van der Waals surface area contributed by atoms with Crippen LogP contribution in [-0.4, -0.2) is 19.9 Å². The predicted molar refractivity (Wildman–Crippen MR) is 59.6 cm³/mol. The lowest BCUT2D eigenvalue weighted by Gasteiger charge is -2.07. The Morgan fingerprint density at radius 3 is 3.00 bits per heavy atom. The van der Waals surface area contributed by atoms with Crippen LogP contribution in [0.25, 0.3) is 5.69 Å². The van der Waals surface area contributed by atoms with Crippen molar-refractivity contribution in [3.63, 3.8) is 0 Å². The van der Waals surface area contributed by atoms with Crippen LogP contribution in [0.2, 0.25) is 5.02 Å². The van der Waals surface area contributed by atoms with Crippen LogP contribution in [-0.2, 0) is 6.61 Å². The number of halogens is 2. The number of hydrogen-bond acceptors (Lipinski definition) is 3. The van der Waals surface area contributed by atoms with Gasteiger partial charge in [0.2, 0.25) is 0 Å². The number of hydrogen-bond donors (Lipinski definition) is 2. The van der Waals surface area contributed by atoms with Crippen LogP contribution in [0.1, 0.15) is 5.82 Å². The van der Waals surface area contributed by atoms with Crippen molar-refractivity contribution in [3.05, 3.63) is 39.6 Å². The van der Waals surface area contributed by atoms with Gasteiger partial charge in [-0.3, -0.25) is 9.67 Å². The second-order valence-electron chi connectivity index (χ2n) is 3.03. The lowest BCUT2D eigenvalue weighted by atomic mass is 10.3. The summed E-state index contributed by atoms with van der Waals surface area (Å²) in [7, 11) is 0. The van der Waals surface area contributed by atoms with E-state index in [2.05, 4.69) is 10.2 Å². The minimum Gasteiger partial charge on any atom is -0.388 e. The van der Waals surface area contributed by atoms with Gasteiger partial charge in [-0.1, -0.05) is 11.6 Å². The number of aromatic amines is 1. The van der Waals surface area contributed by atoms with Gasteiger partial charge in [0.25, 0.3) is 0 Å². The minimum absolute atomic E-state index is 0.247. The Labute approximate surface area is 100 Å². The monoisotopic (exact) mass is 259 g/mol. The van der Waals surface area contributed by atoms with Gasteiger partial charge >= 0.3 is 0 Å².